The maximum Gasteiger partial charge on any atom is 0.301 e. The highest BCUT2D eigenvalue weighted by atomic mass is 16.6. The summed E-state index contributed by atoms with van der Waals surface area (Å²) >= 11 is 0. The summed E-state index contributed by atoms with van der Waals surface area (Å²) in [6, 6.07) is 3.31. The highest BCUT2D eigenvalue weighted by molar-refractivity contribution is 5.93. The van der Waals surface area contributed by atoms with E-state index in [1.165, 1.54) is 17.1 Å². The second kappa shape index (κ2) is 5.59. The third-order valence-electron chi connectivity index (χ3n) is 3.56. The van der Waals surface area contributed by atoms with E-state index in [0.717, 1.165) is 6.07 Å². The fourth-order valence-electron chi connectivity index (χ4n) is 2.00. The van der Waals surface area contributed by atoms with Gasteiger partial charge in [0.1, 0.15) is 11.2 Å². The molecule has 1 aliphatic rings. The van der Waals surface area contributed by atoms with Crippen LogP contribution in [0.4, 0.5) is 17.1 Å². The van der Waals surface area contributed by atoms with Crippen LogP contribution >= 0.6 is 0 Å². The van der Waals surface area contributed by atoms with E-state index in [4.69, 9.17) is 0 Å². The first-order valence-corrected chi connectivity index (χ1v) is 6.55. The predicted molar refractivity (Wildman–Crippen MR) is 81.3 cm³/mol. The lowest BCUT2D eigenvalue weighted by Crippen LogP contribution is -2.53. The molecular weight excluding hydrogens is 306 g/mol. The number of rotatable bonds is 3. The number of hydrogen-bond donors (Lipinski definition) is 0. The highest BCUT2D eigenvalue weighted by Crippen LogP contribution is 2.33. The van der Waals surface area contributed by atoms with Crippen LogP contribution in [0.25, 0.3) is 0 Å². The predicted octanol–water partition coefficient (Wildman–Crippen LogP) is 2.47. The molecule has 1 aromatic carbocycles. The Morgan fingerprint density at radius 1 is 1.13 bits per heavy atom. The molecule has 0 saturated heterocycles. The monoisotopic (exact) mass is 321 g/mol. The van der Waals surface area contributed by atoms with Crippen LogP contribution < -0.4 is 0 Å². The van der Waals surface area contributed by atoms with Crippen molar-refractivity contribution in [2.45, 2.75) is 19.4 Å². The van der Waals surface area contributed by atoms with E-state index in [9.17, 15) is 20.2 Å². The zero-order valence-corrected chi connectivity index (χ0v) is 13.0. The number of nitrogens with zero attached hydrogens (tertiary/aromatic N) is 7. The maximum absolute atomic E-state index is 11.2. The molecule has 0 radical (unpaired) electrons. The molecule has 0 N–H and O–H groups in total. The summed E-state index contributed by atoms with van der Waals surface area (Å²) in [5.41, 5.74) is -1.46. The zero-order chi connectivity index (χ0) is 17.4. The van der Waals surface area contributed by atoms with Gasteiger partial charge in [-0.15, -0.1) is 0 Å². The summed E-state index contributed by atoms with van der Waals surface area (Å²) < 4.78 is 0. The summed E-state index contributed by atoms with van der Waals surface area (Å²) in [6.07, 6.45) is 0. The van der Waals surface area contributed by atoms with Gasteiger partial charge in [-0.1, -0.05) is 5.22 Å². The van der Waals surface area contributed by atoms with Crippen LogP contribution in [0.5, 0.6) is 0 Å². The van der Waals surface area contributed by atoms with Gasteiger partial charge in [0.25, 0.3) is 5.69 Å². The van der Waals surface area contributed by atoms with Crippen LogP contribution in [0.1, 0.15) is 13.8 Å². The van der Waals surface area contributed by atoms with E-state index < -0.39 is 21.1 Å². The van der Waals surface area contributed by atoms with Crippen molar-refractivity contribution in [2.24, 2.45) is 15.4 Å². The molecular formula is C12H15N7O4. The molecule has 2 rings (SSSR count). The quantitative estimate of drug-likeness (QED) is 0.621. The molecule has 0 aromatic heterocycles. The van der Waals surface area contributed by atoms with Crippen molar-refractivity contribution in [1.82, 2.24) is 10.0 Å². The molecule has 0 bridgehead atoms. The summed E-state index contributed by atoms with van der Waals surface area (Å²) in [5.74, 6) is 0.423. The number of nitro groups is 2. The van der Waals surface area contributed by atoms with Crippen molar-refractivity contribution in [3.05, 3.63) is 38.4 Å². The molecule has 0 aliphatic carbocycles. The molecule has 0 amide bonds. The standard InChI is InChI=1S/C12H15N7O4/c1-12(2)11(16(3)14-15-17(12)4)13-9-6-5-8(18(20)21)7-10(9)19(22)23/h5-7H,1-4H3. The average molecular weight is 321 g/mol. The Bertz CT molecular complexity index is 728. The SMILES string of the molecule is CN1N=NN(C)C(C)(C)C1=Nc1ccc([N+](=O)[O-])cc1[N+](=O)[O-]. The molecule has 11 nitrogen and oxygen atoms in total. The van der Waals surface area contributed by atoms with Gasteiger partial charge in [-0.05, 0) is 25.1 Å². The van der Waals surface area contributed by atoms with E-state index in [0.29, 0.717) is 5.84 Å². The van der Waals surface area contributed by atoms with Crippen molar-refractivity contribution < 1.29 is 9.85 Å². The van der Waals surface area contributed by atoms with E-state index in [1.807, 2.05) is 13.8 Å². The van der Waals surface area contributed by atoms with Gasteiger partial charge in [0.2, 0.25) is 0 Å². The van der Waals surface area contributed by atoms with E-state index in [2.05, 4.69) is 15.4 Å². The number of non-ortho nitro benzene ring substituents is 1. The van der Waals surface area contributed by atoms with Crippen LogP contribution in [-0.2, 0) is 0 Å². The van der Waals surface area contributed by atoms with Gasteiger partial charge in [-0.3, -0.25) is 25.2 Å². The molecule has 1 heterocycles. The van der Waals surface area contributed by atoms with Crippen LogP contribution in [0.15, 0.2) is 33.6 Å². The van der Waals surface area contributed by atoms with Gasteiger partial charge >= 0.3 is 5.69 Å². The fraction of sp³-hybridized carbons (Fsp3) is 0.417. The van der Waals surface area contributed by atoms with E-state index in [-0.39, 0.29) is 11.4 Å². The Kier molecular flexibility index (Phi) is 3.95. The zero-order valence-electron chi connectivity index (χ0n) is 13.0. The molecule has 0 saturated carbocycles. The lowest BCUT2D eigenvalue weighted by molar-refractivity contribution is -0.393. The minimum atomic E-state index is -0.701. The smallest absolute Gasteiger partial charge is 0.267 e. The van der Waals surface area contributed by atoms with Crippen molar-refractivity contribution in [1.29, 1.82) is 0 Å². The number of likely N-dealkylation sites (N-methyl/N-ethyl adjacent to an activating group) is 2. The first-order valence-electron chi connectivity index (χ1n) is 6.55. The van der Waals surface area contributed by atoms with Gasteiger partial charge < -0.3 is 0 Å². The Hall–Kier alpha value is -3.11. The van der Waals surface area contributed by atoms with Crippen molar-refractivity contribution in [3.8, 4) is 0 Å². The molecule has 122 valence electrons. The van der Waals surface area contributed by atoms with Gasteiger partial charge in [0, 0.05) is 20.2 Å². The number of nitro benzene ring substituents is 2. The fourth-order valence-corrected chi connectivity index (χ4v) is 2.00. The average Bonchev–Trinajstić information content (AvgIpc) is 2.47. The summed E-state index contributed by atoms with van der Waals surface area (Å²) in [6.45, 7) is 3.66. The molecule has 23 heavy (non-hydrogen) atoms. The minimum absolute atomic E-state index is 0.0148. The molecule has 11 heteroatoms. The summed E-state index contributed by atoms with van der Waals surface area (Å²) in [5, 5.41) is 32.8. The normalized spacial score (nSPS) is 18.3. The molecule has 1 aliphatic heterocycles. The molecule has 0 spiro atoms. The van der Waals surface area contributed by atoms with Gasteiger partial charge in [-0.25, -0.2) is 10.0 Å². The van der Waals surface area contributed by atoms with E-state index >= 15 is 0 Å². The topological polar surface area (TPSA) is 130 Å². The Balaban J connectivity index is 2.60. The maximum atomic E-state index is 11.2. The van der Waals surface area contributed by atoms with Gasteiger partial charge in [-0.2, -0.15) is 0 Å². The molecule has 0 fully saturated rings. The molecule has 0 atom stereocenters. The van der Waals surface area contributed by atoms with Crippen molar-refractivity contribution in [3.63, 3.8) is 0 Å². The lowest BCUT2D eigenvalue weighted by Gasteiger charge is -2.39. The summed E-state index contributed by atoms with van der Waals surface area (Å²) in [4.78, 5) is 24.9. The highest BCUT2D eigenvalue weighted by Gasteiger charge is 2.36. The summed E-state index contributed by atoms with van der Waals surface area (Å²) in [7, 11) is 3.32. The lowest BCUT2D eigenvalue weighted by atomic mass is 10.0. The molecule has 1 aromatic rings. The number of amidine groups is 1. The third-order valence-corrected chi connectivity index (χ3v) is 3.56. The van der Waals surface area contributed by atoms with Crippen LogP contribution in [0.2, 0.25) is 0 Å². The Morgan fingerprint density at radius 2 is 1.78 bits per heavy atom. The Labute approximate surface area is 131 Å². The van der Waals surface area contributed by atoms with Gasteiger partial charge in [0.15, 0.2) is 5.84 Å². The third kappa shape index (κ3) is 2.93. The first-order chi connectivity index (χ1) is 10.6. The first kappa shape index (κ1) is 16.3. The number of benzene rings is 1. The second-order valence-corrected chi connectivity index (χ2v) is 5.41. The second-order valence-electron chi connectivity index (χ2n) is 5.41. The number of aliphatic imine (C=N–C) groups is 1. The van der Waals surface area contributed by atoms with Crippen molar-refractivity contribution in [2.75, 3.05) is 14.1 Å². The van der Waals surface area contributed by atoms with Crippen LogP contribution in [0.3, 0.4) is 0 Å². The molecule has 0 unspecified atom stereocenters. The van der Waals surface area contributed by atoms with Crippen LogP contribution in [0, 0.1) is 20.2 Å². The van der Waals surface area contributed by atoms with E-state index in [1.54, 1.807) is 19.1 Å². The number of hydrogen-bond acceptors (Lipinski definition) is 8. The minimum Gasteiger partial charge on any atom is -0.267 e. The van der Waals surface area contributed by atoms with Crippen molar-refractivity contribution >= 4 is 22.9 Å². The Morgan fingerprint density at radius 3 is 2.35 bits per heavy atom. The van der Waals surface area contributed by atoms with Gasteiger partial charge in [0.05, 0.1) is 15.9 Å². The van der Waals surface area contributed by atoms with Crippen LogP contribution in [-0.4, -0.2) is 45.3 Å². The largest absolute Gasteiger partial charge is 0.301 e.